The van der Waals surface area contributed by atoms with Crippen molar-refractivity contribution in [1.29, 1.82) is 0 Å². The highest BCUT2D eigenvalue weighted by molar-refractivity contribution is 6.30. The highest BCUT2D eigenvalue weighted by atomic mass is 35.5. The SMILES string of the molecule is O=C(C[C@]1(COc2cccc(Cl)c2)CCCN(C(=O)CN2CCCC2)C1)N1CCOCC1. The molecular formula is C24H34ClN3O4. The number of hydrogen-bond donors (Lipinski definition) is 0. The summed E-state index contributed by atoms with van der Waals surface area (Å²) in [6.45, 7) is 6.57. The Morgan fingerprint density at radius 3 is 2.53 bits per heavy atom. The number of likely N-dealkylation sites (tertiary alicyclic amines) is 2. The van der Waals surface area contributed by atoms with E-state index in [-0.39, 0.29) is 11.8 Å². The molecule has 0 unspecified atom stereocenters. The van der Waals surface area contributed by atoms with Gasteiger partial charge in [-0.05, 0) is 57.0 Å². The van der Waals surface area contributed by atoms with Gasteiger partial charge in [0.2, 0.25) is 11.8 Å². The molecule has 0 bridgehead atoms. The molecular weight excluding hydrogens is 430 g/mol. The Morgan fingerprint density at radius 2 is 1.78 bits per heavy atom. The lowest BCUT2D eigenvalue weighted by Crippen LogP contribution is -2.53. The molecule has 3 fully saturated rings. The third-order valence-electron chi connectivity index (χ3n) is 6.80. The zero-order chi connectivity index (χ0) is 22.4. The summed E-state index contributed by atoms with van der Waals surface area (Å²) in [6.07, 6.45) is 4.44. The van der Waals surface area contributed by atoms with E-state index in [1.165, 1.54) is 12.8 Å². The third-order valence-corrected chi connectivity index (χ3v) is 7.04. The molecule has 3 saturated heterocycles. The van der Waals surface area contributed by atoms with Gasteiger partial charge in [-0.2, -0.15) is 0 Å². The quantitative estimate of drug-likeness (QED) is 0.622. The molecule has 3 heterocycles. The fraction of sp³-hybridized carbons (Fsp3) is 0.667. The third kappa shape index (κ3) is 6.15. The van der Waals surface area contributed by atoms with Crippen LogP contribution in [0.1, 0.15) is 32.1 Å². The molecule has 1 atom stereocenters. The van der Waals surface area contributed by atoms with Crippen LogP contribution in [0.4, 0.5) is 0 Å². The molecule has 0 aliphatic carbocycles. The Morgan fingerprint density at radius 1 is 1.00 bits per heavy atom. The van der Waals surface area contributed by atoms with Crippen molar-refractivity contribution in [2.45, 2.75) is 32.1 Å². The number of carbonyl (C=O) groups excluding carboxylic acids is 2. The van der Waals surface area contributed by atoms with E-state index in [1.54, 1.807) is 6.07 Å². The van der Waals surface area contributed by atoms with Crippen molar-refractivity contribution in [3.05, 3.63) is 29.3 Å². The van der Waals surface area contributed by atoms with Crippen molar-refractivity contribution < 1.29 is 19.1 Å². The summed E-state index contributed by atoms with van der Waals surface area (Å²) in [7, 11) is 0. The van der Waals surface area contributed by atoms with Gasteiger partial charge in [-0.15, -0.1) is 0 Å². The number of halogens is 1. The van der Waals surface area contributed by atoms with Gasteiger partial charge in [0.15, 0.2) is 0 Å². The second-order valence-electron chi connectivity index (χ2n) is 9.32. The van der Waals surface area contributed by atoms with Crippen LogP contribution >= 0.6 is 11.6 Å². The van der Waals surface area contributed by atoms with Crippen molar-refractivity contribution >= 4 is 23.4 Å². The predicted octanol–water partition coefficient (Wildman–Crippen LogP) is 2.67. The lowest BCUT2D eigenvalue weighted by molar-refractivity contribution is -0.144. The zero-order valence-corrected chi connectivity index (χ0v) is 19.5. The second-order valence-corrected chi connectivity index (χ2v) is 9.75. The molecule has 1 aromatic rings. The molecule has 0 N–H and O–H groups in total. The number of morpholine rings is 1. The van der Waals surface area contributed by atoms with Gasteiger partial charge in [0.05, 0.1) is 26.4 Å². The number of piperidine rings is 1. The fourth-order valence-corrected chi connectivity index (χ4v) is 5.18. The summed E-state index contributed by atoms with van der Waals surface area (Å²) in [6, 6.07) is 7.34. The van der Waals surface area contributed by atoms with Crippen molar-refractivity contribution in [3.63, 3.8) is 0 Å². The van der Waals surface area contributed by atoms with E-state index in [1.807, 2.05) is 28.0 Å². The molecule has 176 valence electrons. The molecule has 4 rings (SSSR count). The van der Waals surface area contributed by atoms with Crippen molar-refractivity contribution in [2.24, 2.45) is 5.41 Å². The summed E-state index contributed by atoms with van der Waals surface area (Å²) in [5.74, 6) is 0.977. The van der Waals surface area contributed by atoms with Crippen LogP contribution in [0.15, 0.2) is 24.3 Å². The fourth-order valence-electron chi connectivity index (χ4n) is 5.00. The summed E-state index contributed by atoms with van der Waals surface area (Å²) < 4.78 is 11.6. The molecule has 0 aromatic heterocycles. The number of benzene rings is 1. The Bertz CT molecular complexity index is 795. The first-order valence-electron chi connectivity index (χ1n) is 11.8. The van der Waals surface area contributed by atoms with Gasteiger partial charge < -0.3 is 19.3 Å². The highest BCUT2D eigenvalue weighted by Gasteiger charge is 2.41. The first-order valence-corrected chi connectivity index (χ1v) is 12.1. The highest BCUT2D eigenvalue weighted by Crippen LogP contribution is 2.36. The average Bonchev–Trinajstić information content (AvgIpc) is 3.32. The van der Waals surface area contributed by atoms with Gasteiger partial charge in [-0.3, -0.25) is 14.5 Å². The van der Waals surface area contributed by atoms with Gasteiger partial charge in [0.1, 0.15) is 5.75 Å². The van der Waals surface area contributed by atoms with E-state index in [0.717, 1.165) is 32.5 Å². The molecule has 3 aliphatic heterocycles. The van der Waals surface area contributed by atoms with Crippen molar-refractivity contribution in [1.82, 2.24) is 14.7 Å². The van der Waals surface area contributed by atoms with Crippen LogP contribution in [-0.4, -0.2) is 92.1 Å². The van der Waals surface area contributed by atoms with E-state index in [0.29, 0.717) is 63.2 Å². The van der Waals surface area contributed by atoms with Crippen LogP contribution in [0, 0.1) is 5.41 Å². The molecule has 2 amide bonds. The maximum absolute atomic E-state index is 13.2. The van der Waals surface area contributed by atoms with Crippen LogP contribution in [0.3, 0.4) is 0 Å². The smallest absolute Gasteiger partial charge is 0.236 e. The Hall–Kier alpha value is -1.83. The number of hydrogen-bond acceptors (Lipinski definition) is 5. The molecule has 7 nitrogen and oxygen atoms in total. The lowest BCUT2D eigenvalue weighted by Gasteiger charge is -2.43. The largest absolute Gasteiger partial charge is 0.493 e. The van der Waals surface area contributed by atoms with E-state index in [2.05, 4.69) is 4.90 Å². The molecule has 1 aromatic carbocycles. The van der Waals surface area contributed by atoms with Gasteiger partial charge in [-0.25, -0.2) is 0 Å². The molecule has 8 heteroatoms. The van der Waals surface area contributed by atoms with E-state index < -0.39 is 5.41 Å². The zero-order valence-electron chi connectivity index (χ0n) is 18.8. The van der Waals surface area contributed by atoms with E-state index >= 15 is 0 Å². The maximum atomic E-state index is 13.2. The molecule has 0 saturated carbocycles. The minimum absolute atomic E-state index is 0.122. The summed E-state index contributed by atoms with van der Waals surface area (Å²) in [5.41, 5.74) is -0.406. The van der Waals surface area contributed by atoms with Crippen LogP contribution in [0.2, 0.25) is 5.02 Å². The van der Waals surface area contributed by atoms with Gasteiger partial charge >= 0.3 is 0 Å². The Labute approximate surface area is 195 Å². The molecule has 32 heavy (non-hydrogen) atoms. The summed E-state index contributed by atoms with van der Waals surface area (Å²) in [4.78, 5) is 32.3. The second kappa shape index (κ2) is 10.9. The van der Waals surface area contributed by atoms with Gasteiger partial charge in [0, 0.05) is 43.0 Å². The van der Waals surface area contributed by atoms with E-state index in [4.69, 9.17) is 21.1 Å². The summed E-state index contributed by atoms with van der Waals surface area (Å²) >= 11 is 6.12. The normalized spacial score (nSPS) is 24.5. The van der Waals surface area contributed by atoms with Crippen LogP contribution in [0.5, 0.6) is 5.75 Å². The average molecular weight is 464 g/mol. The standard InChI is InChI=1S/C24H34ClN3O4/c25-20-5-3-6-21(15-20)32-19-24(16-22(29)27-11-13-31-14-12-27)7-4-10-28(18-24)23(30)17-26-8-1-2-9-26/h3,5-6,15H,1-2,4,7-14,16-19H2/t24-/m1/s1. The monoisotopic (exact) mass is 463 g/mol. The van der Waals surface area contributed by atoms with Crippen LogP contribution in [-0.2, 0) is 14.3 Å². The number of ether oxygens (including phenoxy) is 2. The van der Waals surface area contributed by atoms with Crippen molar-refractivity contribution in [2.75, 3.05) is 65.6 Å². The number of carbonyl (C=O) groups is 2. The Kier molecular flexibility index (Phi) is 7.92. The number of nitrogens with zero attached hydrogens (tertiary/aromatic N) is 3. The first-order chi connectivity index (χ1) is 15.5. The molecule has 0 spiro atoms. The predicted molar refractivity (Wildman–Crippen MR) is 123 cm³/mol. The first kappa shape index (κ1) is 23.3. The van der Waals surface area contributed by atoms with Gasteiger partial charge in [0.25, 0.3) is 0 Å². The van der Waals surface area contributed by atoms with Crippen molar-refractivity contribution in [3.8, 4) is 5.75 Å². The number of rotatable bonds is 7. The maximum Gasteiger partial charge on any atom is 0.236 e. The topological polar surface area (TPSA) is 62.3 Å². The lowest BCUT2D eigenvalue weighted by atomic mass is 9.77. The minimum atomic E-state index is -0.406. The Balaban J connectivity index is 1.46. The minimum Gasteiger partial charge on any atom is -0.493 e. The van der Waals surface area contributed by atoms with E-state index in [9.17, 15) is 9.59 Å². The molecule has 3 aliphatic rings. The van der Waals surface area contributed by atoms with Crippen LogP contribution in [0.25, 0.3) is 0 Å². The van der Waals surface area contributed by atoms with Gasteiger partial charge in [-0.1, -0.05) is 17.7 Å². The molecule has 0 radical (unpaired) electrons. The summed E-state index contributed by atoms with van der Waals surface area (Å²) in [5, 5.41) is 0.618. The number of amides is 2. The van der Waals surface area contributed by atoms with Crippen LogP contribution < -0.4 is 4.74 Å².